The molecular weight excluding hydrogens is 472 g/mol. The molecule has 0 aliphatic carbocycles. The number of ether oxygens (including phenoxy) is 2. The number of fused-ring (bicyclic) bond motifs is 1. The van der Waals surface area contributed by atoms with E-state index in [-0.39, 0.29) is 27.9 Å². The molecule has 0 saturated carbocycles. The molecular formula is C19H18ClF2N3O6S. The van der Waals surface area contributed by atoms with Crippen LogP contribution in [-0.2, 0) is 9.84 Å². The first-order chi connectivity index (χ1) is 15.1. The number of hydrogen-bond acceptors (Lipinski definition) is 7. The van der Waals surface area contributed by atoms with Crippen molar-refractivity contribution in [3.05, 3.63) is 35.4 Å². The molecule has 2 amide bonds. The monoisotopic (exact) mass is 489 g/mol. The number of sulfone groups is 1. The van der Waals surface area contributed by atoms with Gasteiger partial charge in [-0.2, -0.15) is 0 Å². The van der Waals surface area contributed by atoms with Crippen molar-refractivity contribution in [1.29, 1.82) is 0 Å². The van der Waals surface area contributed by atoms with Crippen molar-refractivity contribution in [2.45, 2.75) is 29.3 Å². The van der Waals surface area contributed by atoms with Gasteiger partial charge in [0.05, 0.1) is 21.6 Å². The Morgan fingerprint density at radius 2 is 1.81 bits per heavy atom. The summed E-state index contributed by atoms with van der Waals surface area (Å²) in [5.41, 5.74) is -0.345. The summed E-state index contributed by atoms with van der Waals surface area (Å²) in [4.78, 5) is 12.0. The van der Waals surface area contributed by atoms with Crippen LogP contribution in [0.3, 0.4) is 0 Å². The number of alkyl halides is 2. The molecule has 0 radical (unpaired) electrons. The smallest absolute Gasteiger partial charge is 0.504 e. The minimum Gasteiger partial charge on any atom is -0.504 e. The number of phenols is 1. The van der Waals surface area contributed by atoms with Gasteiger partial charge in [0.1, 0.15) is 4.90 Å². The van der Waals surface area contributed by atoms with E-state index in [0.717, 1.165) is 0 Å². The van der Waals surface area contributed by atoms with Crippen molar-refractivity contribution in [3.8, 4) is 17.2 Å². The fourth-order valence-electron chi connectivity index (χ4n) is 3.53. The van der Waals surface area contributed by atoms with E-state index in [1.54, 1.807) is 0 Å². The highest BCUT2D eigenvalue weighted by Gasteiger charge is 2.44. The van der Waals surface area contributed by atoms with Gasteiger partial charge in [0, 0.05) is 0 Å². The van der Waals surface area contributed by atoms with Crippen LogP contribution in [0.1, 0.15) is 12.8 Å². The van der Waals surface area contributed by atoms with E-state index >= 15 is 0 Å². The molecule has 9 nitrogen and oxygen atoms in total. The molecule has 13 heteroatoms. The highest BCUT2D eigenvalue weighted by Crippen LogP contribution is 2.46. The summed E-state index contributed by atoms with van der Waals surface area (Å²) in [6, 6.07) is 5.42. The summed E-state index contributed by atoms with van der Waals surface area (Å²) in [6.45, 7) is 1.02. The molecule has 1 fully saturated rings. The molecule has 2 heterocycles. The number of para-hydroxylation sites is 1. The third-order valence-corrected chi connectivity index (χ3v) is 7.78. The lowest BCUT2D eigenvalue weighted by Gasteiger charge is -2.24. The van der Waals surface area contributed by atoms with Crippen LogP contribution in [-0.4, -0.2) is 44.2 Å². The number of anilines is 2. The first kappa shape index (κ1) is 22.4. The fourth-order valence-corrected chi connectivity index (χ4v) is 5.92. The van der Waals surface area contributed by atoms with Gasteiger partial charge in [-0.25, -0.2) is 13.2 Å². The average Bonchev–Trinajstić information content (AvgIpc) is 3.06. The number of phenolic OH excluding ortho intramolecular Hbond substituents is 1. The van der Waals surface area contributed by atoms with E-state index < -0.39 is 38.1 Å². The van der Waals surface area contributed by atoms with E-state index in [1.807, 2.05) is 0 Å². The zero-order valence-electron chi connectivity index (χ0n) is 16.3. The van der Waals surface area contributed by atoms with Crippen molar-refractivity contribution in [3.63, 3.8) is 0 Å². The fraction of sp³-hybridized carbons (Fsp3) is 0.316. The van der Waals surface area contributed by atoms with Gasteiger partial charge in [-0.1, -0.05) is 17.7 Å². The van der Waals surface area contributed by atoms with Crippen molar-refractivity contribution < 1.29 is 36.6 Å². The Morgan fingerprint density at radius 3 is 2.53 bits per heavy atom. The number of carbonyl (C=O) groups is 1. The maximum atomic E-state index is 13.3. The largest absolute Gasteiger partial charge is 0.586 e. The second-order valence-electron chi connectivity index (χ2n) is 7.15. The number of amides is 2. The molecule has 0 unspecified atom stereocenters. The van der Waals surface area contributed by atoms with Crippen LogP contribution >= 0.6 is 11.6 Å². The van der Waals surface area contributed by atoms with Gasteiger partial charge in [-0.15, -0.1) is 8.78 Å². The first-order valence-corrected chi connectivity index (χ1v) is 11.4. The van der Waals surface area contributed by atoms with Crippen LogP contribution in [0.2, 0.25) is 5.02 Å². The number of carbonyl (C=O) groups excluding carboxylic acids is 1. The minimum atomic E-state index is -3.98. The van der Waals surface area contributed by atoms with Crippen LogP contribution in [0.5, 0.6) is 17.2 Å². The molecule has 32 heavy (non-hydrogen) atoms. The zero-order chi connectivity index (χ0) is 23.1. The molecule has 2 aromatic carbocycles. The number of urea groups is 1. The molecule has 0 aromatic heterocycles. The zero-order valence-corrected chi connectivity index (χ0v) is 17.9. The maximum absolute atomic E-state index is 13.3. The Bertz CT molecular complexity index is 1170. The number of aromatic hydroxyl groups is 1. The van der Waals surface area contributed by atoms with Crippen molar-refractivity contribution >= 4 is 38.8 Å². The predicted octanol–water partition coefficient (Wildman–Crippen LogP) is 3.54. The number of halogens is 3. The molecule has 2 aliphatic heterocycles. The summed E-state index contributed by atoms with van der Waals surface area (Å²) in [6.07, 6.45) is -3.17. The standard InChI is InChI=1S/C19H18ClF2N3O6S/c20-11-4-5-12(15(26)17(11)32(28,29)10-6-8-23-9-7-10)24-18(27)25-13-2-1-3-14-16(13)31-19(21,22)30-14/h1-5,10,23,26H,6-9H2,(H2,24,25,27). The number of hydrogen-bond donors (Lipinski definition) is 4. The van der Waals surface area contributed by atoms with Crippen LogP contribution in [0, 0.1) is 0 Å². The summed E-state index contributed by atoms with van der Waals surface area (Å²) >= 11 is 6.08. The van der Waals surface area contributed by atoms with E-state index in [4.69, 9.17) is 11.6 Å². The summed E-state index contributed by atoms with van der Waals surface area (Å²) in [5, 5.41) is 17.3. The van der Waals surface area contributed by atoms with Crippen LogP contribution < -0.4 is 25.4 Å². The Balaban J connectivity index is 1.57. The highest BCUT2D eigenvalue weighted by molar-refractivity contribution is 7.92. The van der Waals surface area contributed by atoms with Crippen molar-refractivity contribution in [2.75, 3.05) is 23.7 Å². The van der Waals surface area contributed by atoms with Crippen LogP contribution in [0.15, 0.2) is 35.2 Å². The van der Waals surface area contributed by atoms with Gasteiger partial charge >= 0.3 is 12.3 Å². The average molecular weight is 490 g/mol. The third kappa shape index (κ3) is 4.25. The summed E-state index contributed by atoms with van der Waals surface area (Å²) in [7, 11) is -3.98. The van der Waals surface area contributed by atoms with Crippen LogP contribution in [0.4, 0.5) is 25.0 Å². The van der Waals surface area contributed by atoms with Crippen LogP contribution in [0.25, 0.3) is 0 Å². The highest BCUT2D eigenvalue weighted by atomic mass is 35.5. The lowest BCUT2D eigenvalue weighted by molar-refractivity contribution is -0.286. The second-order valence-corrected chi connectivity index (χ2v) is 9.72. The molecule has 4 rings (SSSR count). The summed E-state index contributed by atoms with van der Waals surface area (Å²) < 4.78 is 61.5. The predicted molar refractivity (Wildman–Crippen MR) is 111 cm³/mol. The summed E-state index contributed by atoms with van der Waals surface area (Å²) in [5.74, 6) is -1.35. The molecule has 0 spiro atoms. The third-order valence-electron chi connectivity index (χ3n) is 5.02. The maximum Gasteiger partial charge on any atom is 0.586 e. The molecule has 4 N–H and O–H groups in total. The van der Waals surface area contributed by atoms with Crippen molar-refractivity contribution in [2.24, 2.45) is 0 Å². The number of benzene rings is 2. The lowest BCUT2D eigenvalue weighted by Crippen LogP contribution is -2.36. The van der Waals surface area contributed by atoms with Gasteiger partial charge in [0.2, 0.25) is 0 Å². The van der Waals surface area contributed by atoms with Gasteiger partial charge in [0.15, 0.2) is 27.1 Å². The van der Waals surface area contributed by atoms with E-state index in [2.05, 4.69) is 25.4 Å². The SMILES string of the molecule is O=C(Nc1ccc(Cl)c(S(=O)(=O)C2CCNCC2)c1O)Nc1cccc2c1OC(F)(F)O2. The van der Waals surface area contributed by atoms with E-state index in [0.29, 0.717) is 25.9 Å². The number of nitrogens with one attached hydrogen (secondary N) is 3. The first-order valence-electron chi connectivity index (χ1n) is 9.51. The number of rotatable bonds is 4. The van der Waals surface area contributed by atoms with E-state index in [1.165, 1.54) is 30.3 Å². The lowest BCUT2D eigenvalue weighted by atomic mass is 10.2. The molecule has 0 atom stereocenters. The normalized spacial score (nSPS) is 17.7. The van der Waals surface area contributed by atoms with Gasteiger partial charge in [-0.05, 0) is 50.2 Å². The van der Waals surface area contributed by atoms with Gasteiger partial charge < -0.3 is 30.5 Å². The second kappa shape index (κ2) is 8.26. The number of piperidine rings is 1. The Kier molecular flexibility index (Phi) is 5.77. The Morgan fingerprint density at radius 1 is 1.12 bits per heavy atom. The molecule has 1 saturated heterocycles. The molecule has 2 aliphatic rings. The van der Waals surface area contributed by atoms with E-state index in [9.17, 15) is 27.1 Å². The quantitative estimate of drug-likeness (QED) is 0.484. The molecule has 172 valence electrons. The molecule has 0 bridgehead atoms. The molecule has 2 aromatic rings. The minimum absolute atomic E-state index is 0.117. The van der Waals surface area contributed by atoms with Crippen molar-refractivity contribution in [1.82, 2.24) is 5.32 Å². The Labute approximate surface area is 186 Å². The van der Waals surface area contributed by atoms with Gasteiger partial charge in [0.25, 0.3) is 0 Å². The van der Waals surface area contributed by atoms with Gasteiger partial charge in [-0.3, -0.25) is 0 Å². The Hall–Kier alpha value is -2.83. The topological polar surface area (TPSA) is 126 Å².